The fraction of sp³-hybridized carbons (Fsp3) is 0.0833. The molecule has 8 heteroatoms. The van der Waals surface area contributed by atoms with E-state index in [1.54, 1.807) is 36.4 Å². The summed E-state index contributed by atoms with van der Waals surface area (Å²) in [7, 11) is 0. The lowest BCUT2D eigenvalue weighted by molar-refractivity contribution is -0.116. The lowest BCUT2D eigenvalue weighted by Crippen LogP contribution is -2.30. The number of rotatable bonds is 10. The maximum Gasteiger partial charge on any atom is 0.272 e. The monoisotopic (exact) mass is 617 g/mol. The Morgan fingerprint density at radius 1 is 0.773 bits per heavy atom. The zero-order valence-electron chi connectivity index (χ0n) is 24.2. The summed E-state index contributed by atoms with van der Waals surface area (Å²) in [5.74, 6) is -0.988. The first-order valence-electron chi connectivity index (χ1n) is 14.0. The van der Waals surface area contributed by atoms with Crippen LogP contribution in [0, 0.1) is 13.8 Å². The summed E-state index contributed by atoms with van der Waals surface area (Å²) in [6.07, 6.45) is 1.66. The highest BCUT2D eigenvalue weighted by atomic mass is 32.2. The van der Waals surface area contributed by atoms with Crippen molar-refractivity contribution in [3.63, 3.8) is 0 Å². The van der Waals surface area contributed by atoms with Gasteiger partial charge >= 0.3 is 0 Å². The van der Waals surface area contributed by atoms with Crippen LogP contribution in [0.2, 0.25) is 0 Å². The molecular formula is C36H31N3O3S2. The minimum atomic E-state index is -0.540. The molecule has 220 valence electrons. The molecule has 1 atom stereocenters. The van der Waals surface area contributed by atoms with Gasteiger partial charge in [0.1, 0.15) is 10.9 Å². The van der Waals surface area contributed by atoms with Crippen LogP contribution in [0.15, 0.2) is 131 Å². The van der Waals surface area contributed by atoms with Crippen molar-refractivity contribution in [1.29, 1.82) is 0 Å². The summed E-state index contributed by atoms with van der Waals surface area (Å²) in [4.78, 5) is 41.6. The molecule has 0 saturated heterocycles. The quantitative estimate of drug-likeness (QED) is 0.109. The van der Waals surface area contributed by atoms with Gasteiger partial charge in [-0.25, -0.2) is 0 Å². The molecule has 0 radical (unpaired) electrons. The number of thiophene rings is 1. The largest absolute Gasteiger partial charge is 0.325 e. The normalized spacial score (nSPS) is 11.8. The van der Waals surface area contributed by atoms with E-state index in [0.29, 0.717) is 11.3 Å². The predicted molar refractivity (Wildman–Crippen MR) is 181 cm³/mol. The van der Waals surface area contributed by atoms with Gasteiger partial charge in [-0.1, -0.05) is 78.4 Å². The molecule has 1 aromatic heterocycles. The molecule has 0 aliphatic carbocycles. The Kier molecular flexibility index (Phi) is 10.1. The van der Waals surface area contributed by atoms with E-state index in [2.05, 4.69) is 16.0 Å². The second kappa shape index (κ2) is 14.5. The van der Waals surface area contributed by atoms with E-state index in [1.165, 1.54) is 23.1 Å². The van der Waals surface area contributed by atoms with Crippen LogP contribution in [0.4, 0.5) is 11.4 Å². The van der Waals surface area contributed by atoms with Gasteiger partial charge in [0.15, 0.2) is 0 Å². The zero-order chi connectivity index (χ0) is 30.9. The molecule has 0 spiro atoms. The van der Waals surface area contributed by atoms with Crippen LogP contribution in [-0.4, -0.2) is 17.7 Å². The average molecular weight is 618 g/mol. The first kappa shape index (κ1) is 30.5. The Morgan fingerprint density at radius 3 is 2.23 bits per heavy atom. The third-order valence-corrected chi connectivity index (χ3v) is 8.75. The second-order valence-corrected chi connectivity index (χ2v) is 12.2. The minimum Gasteiger partial charge on any atom is -0.325 e. The lowest BCUT2D eigenvalue weighted by Gasteiger charge is -2.19. The standard InChI is InChI=1S/C36H31N3O3S2/c1-24-18-19-31(25(2)21-24)38-36(42)33(26-11-5-3-6-12-26)44-30-16-9-15-28(22-30)37-35(41)32(23-29-17-10-20-43-29)39-34(40)27-13-7-4-8-14-27/h3-23,33H,1-2H3,(H,37,41)(H,38,42)(H,39,40)/b32-23-. The molecular weight excluding hydrogens is 587 g/mol. The van der Waals surface area contributed by atoms with Crippen molar-refractivity contribution in [2.75, 3.05) is 10.6 Å². The van der Waals surface area contributed by atoms with Gasteiger partial charge in [0.05, 0.1) is 0 Å². The number of anilines is 2. The smallest absolute Gasteiger partial charge is 0.272 e. The van der Waals surface area contributed by atoms with Gasteiger partial charge in [-0.3, -0.25) is 14.4 Å². The van der Waals surface area contributed by atoms with Crippen molar-refractivity contribution >= 4 is 58.3 Å². The number of benzene rings is 4. The van der Waals surface area contributed by atoms with Crippen LogP contribution >= 0.6 is 23.1 Å². The molecule has 5 rings (SSSR count). The molecule has 6 nitrogen and oxygen atoms in total. The van der Waals surface area contributed by atoms with Crippen molar-refractivity contribution in [3.8, 4) is 0 Å². The molecule has 1 heterocycles. The molecule has 3 N–H and O–H groups in total. The predicted octanol–water partition coefficient (Wildman–Crippen LogP) is 8.25. The Bertz CT molecular complexity index is 1790. The van der Waals surface area contributed by atoms with Gasteiger partial charge in [0, 0.05) is 26.7 Å². The van der Waals surface area contributed by atoms with E-state index in [4.69, 9.17) is 0 Å². The van der Waals surface area contributed by atoms with Gasteiger partial charge in [0.2, 0.25) is 5.91 Å². The summed E-state index contributed by atoms with van der Waals surface area (Å²) in [5.41, 5.74) is 4.85. The molecule has 0 fully saturated rings. The maximum absolute atomic E-state index is 13.6. The van der Waals surface area contributed by atoms with Crippen LogP contribution in [-0.2, 0) is 9.59 Å². The van der Waals surface area contributed by atoms with Crippen LogP contribution in [0.1, 0.15) is 37.2 Å². The van der Waals surface area contributed by atoms with E-state index in [0.717, 1.165) is 32.2 Å². The summed E-state index contributed by atoms with van der Waals surface area (Å²) >= 11 is 2.85. The minimum absolute atomic E-state index is 0.120. The molecule has 0 aliphatic rings. The fourth-order valence-corrected chi connectivity index (χ4v) is 6.23. The summed E-state index contributed by atoms with van der Waals surface area (Å²) in [5, 5.41) is 10.1. The maximum atomic E-state index is 13.6. The molecule has 44 heavy (non-hydrogen) atoms. The number of amides is 3. The summed E-state index contributed by atoms with van der Waals surface area (Å²) in [6, 6.07) is 35.4. The van der Waals surface area contributed by atoms with Gasteiger partial charge in [0.25, 0.3) is 11.8 Å². The topological polar surface area (TPSA) is 87.3 Å². The third kappa shape index (κ3) is 8.12. The second-order valence-electron chi connectivity index (χ2n) is 10.1. The molecule has 1 unspecified atom stereocenters. The van der Waals surface area contributed by atoms with Crippen LogP contribution in [0.3, 0.4) is 0 Å². The van der Waals surface area contributed by atoms with Gasteiger partial charge in [-0.2, -0.15) is 0 Å². The van der Waals surface area contributed by atoms with Gasteiger partial charge in [-0.05, 0) is 78.9 Å². The summed E-state index contributed by atoms with van der Waals surface area (Å²) in [6.45, 7) is 3.99. The van der Waals surface area contributed by atoms with E-state index in [1.807, 2.05) is 104 Å². The number of carbonyl (C=O) groups is 3. The van der Waals surface area contributed by atoms with Gasteiger partial charge < -0.3 is 16.0 Å². The van der Waals surface area contributed by atoms with Crippen molar-refractivity contribution in [2.45, 2.75) is 24.0 Å². The first-order chi connectivity index (χ1) is 21.4. The number of aryl methyl sites for hydroxylation is 2. The summed E-state index contributed by atoms with van der Waals surface area (Å²) < 4.78 is 0. The number of carbonyl (C=O) groups excluding carboxylic acids is 3. The van der Waals surface area contributed by atoms with Gasteiger partial charge in [-0.15, -0.1) is 23.1 Å². The van der Waals surface area contributed by atoms with E-state index >= 15 is 0 Å². The Labute approximate surface area is 265 Å². The van der Waals surface area contributed by atoms with E-state index in [9.17, 15) is 14.4 Å². The molecule has 0 aliphatic heterocycles. The highest BCUT2D eigenvalue weighted by molar-refractivity contribution is 8.00. The zero-order valence-corrected chi connectivity index (χ0v) is 25.9. The molecule has 3 amide bonds. The fourth-order valence-electron chi connectivity index (χ4n) is 4.49. The number of thioether (sulfide) groups is 1. The Balaban J connectivity index is 1.36. The molecule has 5 aromatic rings. The van der Waals surface area contributed by atoms with Crippen molar-refractivity contribution < 1.29 is 14.4 Å². The number of nitrogens with one attached hydrogen (secondary N) is 3. The molecule has 0 bridgehead atoms. The van der Waals surface area contributed by atoms with Crippen LogP contribution in [0.5, 0.6) is 0 Å². The average Bonchev–Trinajstić information content (AvgIpc) is 3.55. The van der Waals surface area contributed by atoms with E-state index in [-0.39, 0.29) is 17.5 Å². The first-order valence-corrected chi connectivity index (χ1v) is 15.7. The highest BCUT2D eigenvalue weighted by Gasteiger charge is 2.23. The molecule has 0 saturated carbocycles. The van der Waals surface area contributed by atoms with Crippen LogP contribution < -0.4 is 16.0 Å². The van der Waals surface area contributed by atoms with Crippen molar-refractivity contribution in [2.24, 2.45) is 0 Å². The number of hydrogen-bond donors (Lipinski definition) is 3. The Morgan fingerprint density at radius 2 is 1.52 bits per heavy atom. The highest BCUT2D eigenvalue weighted by Crippen LogP contribution is 2.37. The van der Waals surface area contributed by atoms with Crippen LogP contribution in [0.25, 0.3) is 6.08 Å². The molecule has 4 aromatic carbocycles. The third-order valence-electron chi connectivity index (χ3n) is 6.68. The van der Waals surface area contributed by atoms with Crippen molar-refractivity contribution in [3.05, 3.63) is 153 Å². The SMILES string of the molecule is Cc1ccc(NC(=O)C(Sc2cccc(NC(=O)/C(=C/c3cccs3)NC(=O)c3ccccc3)c2)c2ccccc2)c(C)c1. The Hall–Kier alpha value is -4.92. The lowest BCUT2D eigenvalue weighted by atomic mass is 10.1. The van der Waals surface area contributed by atoms with E-state index < -0.39 is 11.2 Å². The van der Waals surface area contributed by atoms with Crippen molar-refractivity contribution in [1.82, 2.24) is 5.32 Å². The number of hydrogen-bond acceptors (Lipinski definition) is 5.